The van der Waals surface area contributed by atoms with Crippen LogP contribution in [0.2, 0.25) is 0 Å². The Kier molecular flexibility index (Phi) is 5.17. The molecule has 1 aromatic carbocycles. The summed E-state index contributed by atoms with van der Waals surface area (Å²) in [5.41, 5.74) is 0.459. The Balaban J connectivity index is 2.88. The largest absolute Gasteiger partial charge is 0.491 e. The third kappa shape index (κ3) is 4.31. The zero-order valence-electron chi connectivity index (χ0n) is 11.9. The summed E-state index contributed by atoms with van der Waals surface area (Å²) in [4.78, 5) is 0. The van der Waals surface area contributed by atoms with Gasteiger partial charge in [-0.3, -0.25) is 0 Å². The lowest BCUT2D eigenvalue weighted by molar-refractivity contribution is -0.0207. The van der Waals surface area contributed by atoms with Crippen molar-refractivity contribution in [3.05, 3.63) is 29.8 Å². The third-order valence-corrected chi connectivity index (χ3v) is 2.88. The van der Waals surface area contributed by atoms with Crippen molar-refractivity contribution in [2.24, 2.45) is 0 Å². The Hall–Kier alpha value is -1.06. The number of hydrogen-bond acceptors (Lipinski definition) is 3. The summed E-state index contributed by atoms with van der Waals surface area (Å²) in [6, 6.07) is 7.60. The minimum atomic E-state index is -0.588. The monoisotopic (exact) mass is 252 g/mol. The fraction of sp³-hybridized carbons (Fsp3) is 0.600. The molecule has 0 amide bonds. The van der Waals surface area contributed by atoms with Gasteiger partial charge in [0.1, 0.15) is 5.75 Å². The third-order valence-electron chi connectivity index (χ3n) is 2.88. The first-order chi connectivity index (χ1) is 8.35. The second-order valence-corrected chi connectivity index (χ2v) is 5.39. The Morgan fingerprint density at radius 1 is 1.22 bits per heavy atom. The summed E-state index contributed by atoms with van der Waals surface area (Å²) in [6.45, 7) is 7.87. The van der Waals surface area contributed by atoms with E-state index >= 15 is 0 Å². The van der Waals surface area contributed by atoms with Gasteiger partial charge in [0.2, 0.25) is 0 Å². The van der Waals surface area contributed by atoms with Gasteiger partial charge in [0.05, 0.1) is 17.8 Å². The second-order valence-electron chi connectivity index (χ2n) is 5.39. The van der Waals surface area contributed by atoms with Gasteiger partial charge in [-0.1, -0.05) is 18.2 Å². The van der Waals surface area contributed by atoms with Gasteiger partial charge in [-0.05, 0) is 33.8 Å². The molecule has 1 rings (SSSR count). The zero-order chi connectivity index (χ0) is 13.8. The Bertz CT molecular complexity index is 372. The van der Waals surface area contributed by atoms with Crippen LogP contribution in [0, 0.1) is 0 Å². The summed E-state index contributed by atoms with van der Waals surface area (Å²) in [7, 11) is 1.66. The van der Waals surface area contributed by atoms with Crippen LogP contribution in [-0.2, 0) is 4.74 Å². The highest BCUT2D eigenvalue weighted by atomic mass is 16.5. The molecule has 0 heterocycles. The summed E-state index contributed by atoms with van der Waals surface area (Å²) >= 11 is 0. The van der Waals surface area contributed by atoms with Crippen LogP contribution in [-0.4, -0.2) is 23.9 Å². The number of benzene rings is 1. The first-order valence-corrected chi connectivity index (χ1v) is 6.34. The van der Waals surface area contributed by atoms with E-state index in [1.165, 1.54) is 0 Å². The van der Waals surface area contributed by atoms with Crippen LogP contribution in [0.25, 0.3) is 0 Å². The number of ether oxygens (including phenoxy) is 2. The molecule has 1 aromatic rings. The number of hydrogen-bond donors (Lipinski definition) is 1. The van der Waals surface area contributed by atoms with Gasteiger partial charge in [0, 0.05) is 19.1 Å². The first kappa shape index (κ1) is 15.0. The van der Waals surface area contributed by atoms with Gasteiger partial charge in [-0.2, -0.15) is 0 Å². The van der Waals surface area contributed by atoms with Crippen LogP contribution in [0.3, 0.4) is 0 Å². The normalized spacial score (nSPS) is 13.7. The van der Waals surface area contributed by atoms with Crippen LogP contribution in [0.15, 0.2) is 24.3 Å². The molecular formula is C15H24O3. The van der Waals surface area contributed by atoms with Gasteiger partial charge in [-0.25, -0.2) is 0 Å². The molecule has 0 spiro atoms. The molecule has 0 saturated heterocycles. The minimum absolute atomic E-state index is 0.0915. The molecular weight excluding hydrogens is 228 g/mol. The van der Waals surface area contributed by atoms with Gasteiger partial charge in [0.15, 0.2) is 0 Å². The van der Waals surface area contributed by atoms with E-state index in [1.54, 1.807) is 7.11 Å². The van der Waals surface area contributed by atoms with Gasteiger partial charge in [-0.15, -0.1) is 0 Å². The maximum Gasteiger partial charge on any atom is 0.125 e. The summed E-state index contributed by atoms with van der Waals surface area (Å²) < 4.78 is 11.1. The Morgan fingerprint density at radius 2 is 1.83 bits per heavy atom. The van der Waals surface area contributed by atoms with E-state index in [-0.39, 0.29) is 11.7 Å². The highest BCUT2D eigenvalue weighted by Crippen LogP contribution is 2.32. The average Bonchev–Trinajstić information content (AvgIpc) is 2.28. The van der Waals surface area contributed by atoms with E-state index < -0.39 is 6.10 Å². The molecule has 3 nitrogen and oxygen atoms in total. The molecule has 0 fully saturated rings. The summed E-state index contributed by atoms with van der Waals surface area (Å²) in [5.74, 6) is 0.743. The quantitative estimate of drug-likeness (QED) is 0.844. The predicted octanol–water partition coefficient (Wildman–Crippen LogP) is 3.32. The summed E-state index contributed by atoms with van der Waals surface area (Å²) in [5, 5.41) is 10.3. The molecule has 18 heavy (non-hydrogen) atoms. The number of aliphatic hydroxyl groups excluding tert-OH is 1. The Morgan fingerprint density at radius 3 is 2.39 bits per heavy atom. The number of methoxy groups -OCH3 is 1. The molecule has 0 aliphatic rings. The molecule has 0 aromatic heterocycles. The van der Waals surface area contributed by atoms with E-state index in [9.17, 15) is 5.11 Å². The second kappa shape index (κ2) is 6.21. The van der Waals surface area contributed by atoms with Crippen LogP contribution in [0.5, 0.6) is 5.75 Å². The topological polar surface area (TPSA) is 38.7 Å². The molecule has 1 atom stereocenters. The fourth-order valence-electron chi connectivity index (χ4n) is 1.78. The van der Waals surface area contributed by atoms with Crippen LogP contribution >= 0.6 is 0 Å². The van der Waals surface area contributed by atoms with Crippen molar-refractivity contribution in [1.29, 1.82) is 0 Å². The molecule has 0 aliphatic heterocycles. The smallest absolute Gasteiger partial charge is 0.125 e. The van der Waals surface area contributed by atoms with E-state index in [1.807, 2.05) is 52.0 Å². The Labute approximate surface area is 110 Å². The first-order valence-electron chi connectivity index (χ1n) is 6.34. The van der Waals surface area contributed by atoms with Crippen molar-refractivity contribution in [3.63, 3.8) is 0 Å². The van der Waals surface area contributed by atoms with Crippen molar-refractivity contribution in [1.82, 2.24) is 0 Å². The number of rotatable bonds is 6. The van der Waals surface area contributed by atoms with Crippen molar-refractivity contribution in [3.8, 4) is 5.75 Å². The maximum absolute atomic E-state index is 10.3. The summed E-state index contributed by atoms with van der Waals surface area (Å²) in [6.07, 6.45) is 0.0331. The van der Waals surface area contributed by atoms with Gasteiger partial charge in [0.25, 0.3) is 0 Å². The van der Waals surface area contributed by atoms with E-state index in [4.69, 9.17) is 9.47 Å². The van der Waals surface area contributed by atoms with Crippen molar-refractivity contribution >= 4 is 0 Å². The number of aliphatic hydroxyl groups is 1. The standard InChI is InChI=1S/C15H24O3/c1-11(2)18-14-9-7-6-8-12(14)13(16)10-15(3,4)17-5/h6-9,11,13,16H,10H2,1-5H3. The molecule has 3 heteroatoms. The molecule has 1 N–H and O–H groups in total. The molecule has 0 aliphatic carbocycles. The molecule has 0 saturated carbocycles. The van der Waals surface area contributed by atoms with Gasteiger partial charge >= 0.3 is 0 Å². The van der Waals surface area contributed by atoms with E-state index in [0.717, 1.165) is 11.3 Å². The lowest BCUT2D eigenvalue weighted by Gasteiger charge is -2.27. The SMILES string of the molecule is COC(C)(C)CC(O)c1ccccc1OC(C)C. The molecule has 0 radical (unpaired) electrons. The van der Waals surface area contributed by atoms with Crippen LogP contribution in [0.1, 0.15) is 45.8 Å². The van der Waals surface area contributed by atoms with Crippen LogP contribution in [0.4, 0.5) is 0 Å². The maximum atomic E-state index is 10.3. The fourth-order valence-corrected chi connectivity index (χ4v) is 1.78. The van der Waals surface area contributed by atoms with Crippen molar-refractivity contribution in [2.45, 2.75) is 51.9 Å². The minimum Gasteiger partial charge on any atom is -0.491 e. The zero-order valence-corrected chi connectivity index (χ0v) is 11.9. The highest BCUT2D eigenvalue weighted by molar-refractivity contribution is 5.35. The van der Waals surface area contributed by atoms with Crippen molar-refractivity contribution < 1.29 is 14.6 Å². The van der Waals surface area contributed by atoms with E-state index in [2.05, 4.69) is 0 Å². The molecule has 0 bridgehead atoms. The lowest BCUT2D eigenvalue weighted by atomic mass is 9.95. The molecule has 1 unspecified atom stereocenters. The molecule has 102 valence electrons. The number of para-hydroxylation sites is 1. The average molecular weight is 252 g/mol. The highest BCUT2D eigenvalue weighted by Gasteiger charge is 2.24. The van der Waals surface area contributed by atoms with Crippen LogP contribution < -0.4 is 4.74 Å². The van der Waals surface area contributed by atoms with Crippen molar-refractivity contribution in [2.75, 3.05) is 7.11 Å². The van der Waals surface area contributed by atoms with E-state index in [0.29, 0.717) is 6.42 Å². The predicted molar refractivity (Wildman–Crippen MR) is 72.9 cm³/mol. The van der Waals surface area contributed by atoms with Gasteiger partial charge < -0.3 is 14.6 Å². The lowest BCUT2D eigenvalue weighted by Crippen LogP contribution is -2.25.